The van der Waals surface area contributed by atoms with Gasteiger partial charge in [-0.1, -0.05) is 32.0 Å². The van der Waals surface area contributed by atoms with E-state index in [0.717, 1.165) is 24.5 Å². The zero-order valence-corrected chi connectivity index (χ0v) is 15.8. The third-order valence-corrected chi connectivity index (χ3v) is 4.43. The van der Waals surface area contributed by atoms with E-state index in [1.165, 1.54) is 0 Å². The van der Waals surface area contributed by atoms with Crippen molar-refractivity contribution in [2.24, 2.45) is 0 Å². The van der Waals surface area contributed by atoms with Crippen LogP contribution in [0.3, 0.4) is 0 Å². The van der Waals surface area contributed by atoms with Gasteiger partial charge in [0.15, 0.2) is 5.82 Å². The second-order valence-electron chi connectivity index (χ2n) is 6.17. The second kappa shape index (κ2) is 8.59. The summed E-state index contributed by atoms with van der Waals surface area (Å²) in [6.07, 6.45) is 0. The van der Waals surface area contributed by atoms with E-state index < -0.39 is 0 Å². The molecule has 0 aliphatic carbocycles. The van der Waals surface area contributed by atoms with Crippen LogP contribution in [0.15, 0.2) is 40.8 Å². The van der Waals surface area contributed by atoms with Gasteiger partial charge in [0.1, 0.15) is 11.5 Å². The van der Waals surface area contributed by atoms with Crippen LogP contribution in [0.4, 0.5) is 0 Å². The Labute approximate surface area is 158 Å². The quantitative estimate of drug-likeness (QED) is 0.656. The molecule has 0 spiro atoms. The average Bonchev–Trinajstić information content (AvgIpc) is 3.31. The number of carbonyl (C=O) groups is 1. The lowest BCUT2D eigenvalue weighted by molar-refractivity contribution is 0.0948. The Hall–Kier alpha value is -3.00. The lowest BCUT2D eigenvalue weighted by Crippen LogP contribution is -2.25. The summed E-state index contributed by atoms with van der Waals surface area (Å²) in [5.74, 6) is 1.75. The Morgan fingerprint density at radius 1 is 1.22 bits per heavy atom. The number of aryl methyl sites for hydroxylation is 1. The van der Waals surface area contributed by atoms with E-state index in [4.69, 9.17) is 4.42 Å². The number of benzene rings is 1. The molecule has 0 aliphatic heterocycles. The zero-order valence-electron chi connectivity index (χ0n) is 15.8. The number of hydrogen-bond acceptors (Lipinski definition) is 6. The predicted octanol–water partition coefficient (Wildman–Crippen LogP) is 2.34. The van der Waals surface area contributed by atoms with Crippen molar-refractivity contribution >= 4 is 5.91 Å². The van der Waals surface area contributed by atoms with Crippen molar-refractivity contribution < 1.29 is 9.21 Å². The molecule has 3 rings (SSSR count). The number of carbonyl (C=O) groups excluding carboxylic acids is 1. The topological polar surface area (TPSA) is 89.1 Å². The Morgan fingerprint density at radius 3 is 2.67 bits per heavy atom. The molecule has 2 heterocycles. The van der Waals surface area contributed by atoms with Gasteiger partial charge >= 0.3 is 0 Å². The number of nitrogens with zero attached hydrogens (tertiary/aromatic N) is 5. The van der Waals surface area contributed by atoms with Crippen LogP contribution in [0.1, 0.15) is 41.6 Å². The molecule has 0 aliphatic rings. The van der Waals surface area contributed by atoms with Crippen molar-refractivity contribution in [2.75, 3.05) is 13.1 Å². The molecule has 1 N–H and O–H groups in total. The van der Waals surface area contributed by atoms with Crippen LogP contribution in [0.2, 0.25) is 0 Å². The molecule has 0 unspecified atom stereocenters. The number of furan rings is 1. The molecule has 27 heavy (non-hydrogen) atoms. The molecular formula is C19H24N6O2. The van der Waals surface area contributed by atoms with Gasteiger partial charge in [-0.15, -0.1) is 5.10 Å². The number of rotatable bonds is 8. The molecule has 0 bridgehead atoms. The van der Waals surface area contributed by atoms with Crippen LogP contribution in [-0.4, -0.2) is 44.1 Å². The van der Waals surface area contributed by atoms with Crippen molar-refractivity contribution in [3.8, 4) is 5.69 Å². The first-order valence-electron chi connectivity index (χ1n) is 9.04. The molecular weight excluding hydrogens is 344 g/mol. The van der Waals surface area contributed by atoms with Crippen LogP contribution in [0.5, 0.6) is 0 Å². The monoisotopic (exact) mass is 368 g/mol. The maximum Gasteiger partial charge on any atom is 0.255 e. The van der Waals surface area contributed by atoms with Crippen molar-refractivity contribution in [1.82, 2.24) is 30.4 Å². The fourth-order valence-corrected chi connectivity index (χ4v) is 2.85. The summed E-state index contributed by atoms with van der Waals surface area (Å²) in [4.78, 5) is 14.8. The second-order valence-corrected chi connectivity index (χ2v) is 6.17. The molecule has 0 saturated heterocycles. The van der Waals surface area contributed by atoms with Crippen molar-refractivity contribution in [1.29, 1.82) is 0 Å². The Bertz CT molecular complexity index is 883. The first-order chi connectivity index (χ1) is 13.1. The minimum Gasteiger partial charge on any atom is -0.464 e. The van der Waals surface area contributed by atoms with Gasteiger partial charge in [-0.25, -0.2) is 0 Å². The molecule has 1 aromatic carbocycles. The zero-order chi connectivity index (χ0) is 19.2. The SMILES string of the molecule is CCN(CC)Cc1cc(C(=O)NCc2nnnn2-c2ccccc2)c(C)o1. The van der Waals surface area contributed by atoms with Crippen LogP contribution >= 0.6 is 0 Å². The minimum atomic E-state index is -0.204. The normalized spacial score (nSPS) is 11.1. The summed E-state index contributed by atoms with van der Waals surface area (Å²) in [7, 11) is 0. The third-order valence-electron chi connectivity index (χ3n) is 4.43. The van der Waals surface area contributed by atoms with Gasteiger partial charge in [0.2, 0.25) is 0 Å². The van der Waals surface area contributed by atoms with Crippen LogP contribution in [0, 0.1) is 6.92 Å². The van der Waals surface area contributed by atoms with Crippen LogP contribution < -0.4 is 5.32 Å². The van der Waals surface area contributed by atoms with Gasteiger partial charge in [-0.05, 0) is 48.6 Å². The van der Waals surface area contributed by atoms with Gasteiger partial charge < -0.3 is 9.73 Å². The van der Waals surface area contributed by atoms with Crippen LogP contribution in [0.25, 0.3) is 5.69 Å². The number of aromatic nitrogens is 4. The number of amides is 1. The van der Waals surface area contributed by atoms with Gasteiger partial charge in [0, 0.05) is 0 Å². The minimum absolute atomic E-state index is 0.204. The van der Waals surface area contributed by atoms with E-state index >= 15 is 0 Å². The first-order valence-corrected chi connectivity index (χ1v) is 9.04. The third kappa shape index (κ3) is 4.40. The molecule has 0 atom stereocenters. The van der Waals surface area contributed by atoms with Crippen LogP contribution in [-0.2, 0) is 13.1 Å². The van der Waals surface area contributed by atoms with E-state index in [1.54, 1.807) is 11.6 Å². The molecule has 1 amide bonds. The van der Waals surface area contributed by atoms with Gasteiger partial charge in [0.05, 0.1) is 24.3 Å². The molecule has 0 radical (unpaired) electrons. The summed E-state index contributed by atoms with van der Waals surface area (Å²) in [5.41, 5.74) is 1.38. The highest BCUT2D eigenvalue weighted by Gasteiger charge is 2.17. The lowest BCUT2D eigenvalue weighted by atomic mass is 10.2. The van der Waals surface area contributed by atoms with Crippen molar-refractivity contribution in [3.63, 3.8) is 0 Å². The average molecular weight is 368 g/mol. The number of hydrogen-bond donors (Lipinski definition) is 1. The molecule has 2 aromatic heterocycles. The predicted molar refractivity (Wildman–Crippen MR) is 100 cm³/mol. The highest BCUT2D eigenvalue weighted by Crippen LogP contribution is 2.16. The summed E-state index contributed by atoms with van der Waals surface area (Å²) in [6.45, 7) is 8.77. The van der Waals surface area contributed by atoms with E-state index in [9.17, 15) is 4.79 Å². The smallest absolute Gasteiger partial charge is 0.255 e. The summed E-state index contributed by atoms with van der Waals surface area (Å²) in [6, 6.07) is 11.4. The van der Waals surface area contributed by atoms with Crippen molar-refractivity contribution in [3.05, 3.63) is 59.3 Å². The molecule has 142 valence electrons. The van der Waals surface area contributed by atoms with E-state index in [2.05, 4.69) is 39.6 Å². The molecule has 8 heteroatoms. The van der Waals surface area contributed by atoms with Crippen molar-refractivity contribution in [2.45, 2.75) is 33.9 Å². The molecule has 8 nitrogen and oxygen atoms in total. The fraction of sp³-hybridized carbons (Fsp3) is 0.368. The maximum absolute atomic E-state index is 12.6. The highest BCUT2D eigenvalue weighted by atomic mass is 16.3. The number of para-hydroxylation sites is 1. The maximum atomic E-state index is 12.6. The summed E-state index contributed by atoms with van der Waals surface area (Å²) >= 11 is 0. The Morgan fingerprint density at radius 2 is 1.96 bits per heavy atom. The van der Waals surface area contributed by atoms with E-state index in [0.29, 0.717) is 23.7 Å². The highest BCUT2D eigenvalue weighted by molar-refractivity contribution is 5.95. The molecule has 0 saturated carbocycles. The Kier molecular flexibility index (Phi) is 5.97. The van der Waals surface area contributed by atoms with Gasteiger partial charge in [-0.3, -0.25) is 9.69 Å². The van der Waals surface area contributed by atoms with E-state index in [1.807, 2.05) is 36.4 Å². The number of tetrazole rings is 1. The largest absolute Gasteiger partial charge is 0.464 e. The Balaban J connectivity index is 1.67. The number of nitrogens with one attached hydrogen (secondary N) is 1. The molecule has 0 fully saturated rings. The standard InChI is InChI=1S/C19H24N6O2/c1-4-24(5-2)13-16-11-17(14(3)27-16)19(26)20-12-18-21-22-23-25(18)15-9-7-6-8-10-15/h6-11H,4-5,12-13H2,1-3H3,(H,20,26). The lowest BCUT2D eigenvalue weighted by Gasteiger charge is -2.15. The van der Waals surface area contributed by atoms with Gasteiger partial charge in [-0.2, -0.15) is 4.68 Å². The summed E-state index contributed by atoms with van der Waals surface area (Å²) < 4.78 is 7.36. The first kappa shape index (κ1) is 18.8. The fourth-order valence-electron chi connectivity index (χ4n) is 2.85. The van der Waals surface area contributed by atoms with Gasteiger partial charge in [0.25, 0.3) is 5.91 Å². The summed E-state index contributed by atoms with van der Waals surface area (Å²) in [5, 5.41) is 14.6. The van der Waals surface area contributed by atoms with E-state index in [-0.39, 0.29) is 12.5 Å². The molecule has 3 aromatic rings.